The smallest absolute Gasteiger partial charge is 0.211 e. The van der Waals surface area contributed by atoms with E-state index in [1.54, 1.807) is 0 Å². The van der Waals surface area contributed by atoms with Crippen LogP contribution >= 0.6 is 23.2 Å². The second-order valence-electron chi connectivity index (χ2n) is 2.81. The molecule has 1 rings (SSSR count). The maximum absolute atomic E-state index is 10.3. The van der Waals surface area contributed by atoms with Crippen molar-refractivity contribution in [3.8, 4) is 0 Å². The van der Waals surface area contributed by atoms with Crippen LogP contribution in [-0.2, 0) is 14.4 Å². The van der Waals surface area contributed by atoms with Crippen molar-refractivity contribution in [1.29, 1.82) is 0 Å². The van der Waals surface area contributed by atoms with E-state index in [-0.39, 0.29) is 22.6 Å². The summed E-state index contributed by atoms with van der Waals surface area (Å²) < 4.78 is 0. The van der Waals surface area contributed by atoms with E-state index in [9.17, 15) is 14.4 Å². The summed E-state index contributed by atoms with van der Waals surface area (Å²) in [5, 5.41) is 0. The number of hydrogen-bond donors (Lipinski definition) is 0. The second kappa shape index (κ2) is 6.62. The number of aliphatic imine (C=N–C) groups is 3. The lowest BCUT2D eigenvalue weighted by Crippen LogP contribution is -1.85. The van der Waals surface area contributed by atoms with E-state index < -0.39 is 4.84 Å². The average Bonchev–Trinajstić information content (AvgIpc) is 2.29. The second-order valence-corrected chi connectivity index (χ2v) is 3.90. The molecule has 0 amide bonds. The molecule has 0 fully saturated rings. The third kappa shape index (κ3) is 3.22. The largest absolute Gasteiger partial charge is 0.240 e. The van der Waals surface area contributed by atoms with Crippen molar-refractivity contribution in [3.63, 3.8) is 0 Å². The van der Waals surface area contributed by atoms with Crippen LogP contribution in [0.2, 0.25) is 0 Å². The fraction of sp³-hybridized carbons (Fsp3) is 0.100. The van der Waals surface area contributed by atoms with Crippen LogP contribution in [0.5, 0.6) is 0 Å². The van der Waals surface area contributed by atoms with Gasteiger partial charge in [0.05, 0.1) is 17.1 Å². The number of hydrogen-bond acceptors (Lipinski definition) is 6. The van der Waals surface area contributed by atoms with Gasteiger partial charge in [-0.25, -0.2) is 14.4 Å². The van der Waals surface area contributed by atoms with Crippen LogP contribution in [0.25, 0.3) is 0 Å². The first-order chi connectivity index (χ1) is 8.63. The van der Waals surface area contributed by atoms with Gasteiger partial charge in [-0.3, -0.25) is 0 Å². The van der Waals surface area contributed by atoms with Gasteiger partial charge in [0.15, 0.2) is 0 Å². The molecular formula is C10H3Cl2N3O3. The van der Waals surface area contributed by atoms with Crippen molar-refractivity contribution in [3.05, 3.63) is 17.7 Å². The molecule has 8 heteroatoms. The van der Waals surface area contributed by atoms with Crippen molar-refractivity contribution in [2.75, 3.05) is 0 Å². The van der Waals surface area contributed by atoms with Gasteiger partial charge in [0.1, 0.15) is 4.84 Å². The van der Waals surface area contributed by atoms with E-state index in [2.05, 4.69) is 15.0 Å². The lowest BCUT2D eigenvalue weighted by Gasteiger charge is -2.08. The summed E-state index contributed by atoms with van der Waals surface area (Å²) in [6, 6.07) is 2.51. The van der Waals surface area contributed by atoms with E-state index >= 15 is 0 Å². The number of isocyanates is 3. The van der Waals surface area contributed by atoms with Gasteiger partial charge in [-0.2, -0.15) is 15.0 Å². The summed E-state index contributed by atoms with van der Waals surface area (Å²) in [6.07, 6.45) is 3.89. The van der Waals surface area contributed by atoms with Crippen molar-refractivity contribution in [2.24, 2.45) is 15.0 Å². The molecule has 0 N–H and O–H groups in total. The first kappa shape index (κ1) is 14.0. The summed E-state index contributed by atoms with van der Waals surface area (Å²) >= 11 is 11.4. The van der Waals surface area contributed by atoms with Crippen molar-refractivity contribution < 1.29 is 14.4 Å². The Bertz CT molecular complexity index is 572. The van der Waals surface area contributed by atoms with Crippen LogP contribution in [0.15, 0.2) is 27.1 Å². The van der Waals surface area contributed by atoms with E-state index in [0.717, 1.165) is 0 Å². The highest BCUT2D eigenvalue weighted by Gasteiger charge is 2.17. The highest BCUT2D eigenvalue weighted by molar-refractivity contribution is 6.44. The fourth-order valence-electron chi connectivity index (χ4n) is 1.23. The maximum atomic E-state index is 10.3. The average molecular weight is 284 g/mol. The van der Waals surface area contributed by atoms with Crippen LogP contribution in [0.3, 0.4) is 0 Å². The number of halogens is 2. The first-order valence-electron chi connectivity index (χ1n) is 4.33. The molecule has 0 aliphatic heterocycles. The molecule has 18 heavy (non-hydrogen) atoms. The molecule has 0 radical (unpaired) electrons. The predicted molar refractivity (Wildman–Crippen MR) is 64.2 cm³/mol. The molecule has 6 nitrogen and oxygen atoms in total. The van der Waals surface area contributed by atoms with Gasteiger partial charge in [0.2, 0.25) is 18.2 Å². The van der Waals surface area contributed by atoms with Gasteiger partial charge in [0, 0.05) is 5.56 Å². The highest BCUT2D eigenvalue weighted by Crippen LogP contribution is 2.42. The van der Waals surface area contributed by atoms with Crippen LogP contribution in [0.4, 0.5) is 17.1 Å². The fourth-order valence-corrected chi connectivity index (χ4v) is 1.68. The van der Waals surface area contributed by atoms with Crippen molar-refractivity contribution in [1.82, 2.24) is 0 Å². The minimum Gasteiger partial charge on any atom is -0.211 e. The third-order valence-corrected chi connectivity index (χ3v) is 2.28. The molecule has 0 saturated heterocycles. The molecule has 0 unspecified atom stereocenters. The van der Waals surface area contributed by atoms with Crippen LogP contribution in [-0.4, -0.2) is 18.2 Å². The standard InChI is InChI=1S/C10H3Cl2N3O3/c11-10(12)9-7(14-4-17)1-6(13-3-16)2-8(9)15-5-18/h1-2,10H. The van der Waals surface area contributed by atoms with Gasteiger partial charge in [-0.1, -0.05) is 23.2 Å². The molecule has 90 valence electrons. The number of nitrogens with zero attached hydrogens (tertiary/aromatic N) is 3. The van der Waals surface area contributed by atoms with Crippen molar-refractivity contribution >= 4 is 58.5 Å². The Hall–Kier alpha value is -2.06. The van der Waals surface area contributed by atoms with Gasteiger partial charge in [0.25, 0.3) is 0 Å². The minimum atomic E-state index is -1.08. The molecular weight excluding hydrogens is 281 g/mol. The Balaban J connectivity index is 3.68. The zero-order valence-corrected chi connectivity index (χ0v) is 10.1. The molecule has 0 aromatic heterocycles. The molecule has 0 spiro atoms. The Morgan fingerprint density at radius 1 is 0.889 bits per heavy atom. The van der Waals surface area contributed by atoms with Gasteiger partial charge >= 0.3 is 0 Å². The number of benzene rings is 1. The minimum absolute atomic E-state index is 0.00509. The van der Waals surface area contributed by atoms with Gasteiger partial charge in [-0.15, -0.1) is 0 Å². The Kier molecular flexibility index (Phi) is 5.15. The molecule has 0 bridgehead atoms. The van der Waals surface area contributed by atoms with Gasteiger partial charge < -0.3 is 0 Å². The summed E-state index contributed by atoms with van der Waals surface area (Å²) in [6.45, 7) is 0. The Morgan fingerprint density at radius 3 is 1.67 bits per heavy atom. The first-order valence-corrected chi connectivity index (χ1v) is 5.21. The normalized spacial score (nSPS) is 9.06. The molecule has 0 heterocycles. The molecule has 0 atom stereocenters. The number of alkyl halides is 2. The highest BCUT2D eigenvalue weighted by atomic mass is 35.5. The molecule has 0 aliphatic rings. The lowest BCUT2D eigenvalue weighted by molar-refractivity contribution is 0.565. The zero-order valence-electron chi connectivity index (χ0n) is 8.55. The Labute approximate surface area is 111 Å². The lowest BCUT2D eigenvalue weighted by atomic mass is 10.1. The van der Waals surface area contributed by atoms with Gasteiger partial charge in [-0.05, 0) is 12.1 Å². The zero-order chi connectivity index (χ0) is 13.5. The summed E-state index contributed by atoms with van der Waals surface area (Å²) in [4.78, 5) is 39.7. The third-order valence-electron chi connectivity index (χ3n) is 1.85. The van der Waals surface area contributed by atoms with Crippen LogP contribution < -0.4 is 0 Å². The molecule has 1 aromatic carbocycles. The monoisotopic (exact) mass is 283 g/mol. The van der Waals surface area contributed by atoms with E-state index in [0.29, 0.717) is 0 Å². The van der Waals surface area contributed by atoms with Crippen LogP contribution in [0.1, 0.15) is 10.4 Å². The summed E-state index contributed by atoms with van der Waals surface area (Å²) in [5.41, 5.74) is 0.219. The van der Waals surface area contributed by atoms with E-state index in [4.69, 9.17) is 23.2 Å². The maximum Gasteiger partial charge on any atom is 0.240 e. The summed E-state index contributed by atoms with van der Waals surface area (Å²) in [7, 11) is 0. The Morgan fingerprint density at radius 2 is 1.33 bits per heavy atom. The van der Waals surface area contributed by atoms with E-state index in [1.165, 1.54) is 30.4 Å². The SMILES string of the molecule is O=C=Nc1cc(N=C=O)c(C(Cl)Cl)c(N=C=O)c1. The van der Waals surface area contributed by atoms with Crippen molar-refractivity contribution in [2.45, 2.75) is 4.84 Å². The molecule has 1 aromatic rings. The van der Waals surface area contributed by atoms with Crippen LogP contribution in [0, 0.1) is 0 Å². The summed E-state index contributed by atoms with van der Waals surface area (Å²) in [5.74, 6) is 0. The number of rotatable bonds is 4. The van der Waals surface area contributed by atoms with E-state index in [1.807, 2.05) is 0 Å². The quantitative estimate of drug-likeness (QED) is 0.483. The number of carbonyl (C=O) groups excluding carboxylic acids is 3. The molecule has 0 saturated carbocycles. The topological polar surface area (TPSA) is 88.3 Å². The molecule has 0 aliphatic carbocycles. The predicted octanol–water partition coefficient (Wildman–Crippen LogP) is 3.06.